The molecule has 4 fully saturated rings. The summed E-state index contributed by atoms with van der Waals surface area (Å²) in [5.41, 5.74) is 6.29. The fraction of sp³-hybridized carbons (Fsp3) is 0.786. The van der Waals surface area contributed by atoms with Gasteiger partial charge in [0.25, 0.3) is 0 Å². The van der Waals surface area contributed by atoms with E-state index in [0.29, 0.717) is 11.4 Å². The zero-order valence-electron chi connectivity index (χ0n) is 11.0. The summed E-state index contributed by atoms with van der Waals surface area (Å²) in [5, 5.41) is 3.71. The third kappa shape index (κ3) is 1.54. The van der Waals surface area contributed by atoms with Gasteiger partial charge in [0.1, 0.15) is 11.6 Å². The maximum atomic E-state index is 5.99. The van der Waals surface area contributed by atoms with Gasteiger partial charge in [-0.3, -0.25) is 0 Å². The lowest BCUT2D eigenvalue weighted by molar-refractivity contribution is 0.0106. The first-order chi connectivity index (χ1) is 8.62. The normalized spacial score (nSPS) is 41.3. The van der Waals surface area contributed by atoms with E-state index in [4.69, 9.17) is 5.73 Å². The summed E-state index contributed by atoms with van der Waals surface area (Å²) in [6.07, 6.45) is 8.38. The van der Waals surface area contributed by atoms with Gasteiger partial charge in [0.15, 0.2) is 5.82 Å². The second-order valence-corrected chi connectivity index (χ2v) is 6.91. The van der Waals surface area contributed by atoms with Gasteiger partial charge in [0.2, 0.25) is 0 Å². The maximum Gasteiger partial charge on any atom is 0.169 e. The van der Waals surface area contributed by atoms with Gasteiger partial charge in [0.05, 0.1) is 0 Å². The zero-order chi connectivity index (χ0) is 12.3. The van der Waals surface area contributed by atoms with Gasteiger partial charge in [-0.2, -0.15) is 0 Å². The predicted molar refractivity (Wildman–Crippen MR) is 72.3 cm³/mol. The van der Waals surface area contributed by atoms with Crippen molar-refractivity contribution in [2.24, 2.45) is 17.8 Å². The molecular weight excluding hydrogens is 224 g/mol. The third-order valence-corrected chi connectivity index (χ3v) is 5.27. The molecule has 0 spiro atoms. The minimum atomic E-state index is 0.296. The summed E-state index contributed by atoms with van der Waals surface area (Å²) in [7, 11) is 0. The lowest BCUT2D eigenvalue weighted by atomic mass is 9.53. The van der Waals surface area contributed by atoms with Crippen LogP contribution in [0, 0.1) is 24.7 Å². The first kappa shape index (κ1) is 10.7. The number of aromatic amines is 1. The number of nitrogen functional groups attached to an aromatic ring is 1. The van der Waals surface area contributed by atoms with E-state index in [2.05, 4.69) is 15.3 Å². The molecule has 4 heteroatoms. The van der Waals surface area contributed by atoms with Crippen LogP contribution in [0.2, 0.25) is 0 Å². The monoisotopic (exact) mass is 246 g/mol. The minimum Gasteiger partial charge on any atom is -0.382 e. The molecule has 1 aromatic rings. The van der Waals surface area contributed by atoms with Crippen molar-refractivity contribution in [1.82, 2.24) is 9.97 Å². The number of rotatable bonds is 2. The quantitative estimate of drug-likeness (QED) is 0.751. The molecule has 0 radical (unpaired) electrons. The summed E-state index contributed by atoms with van der Waals surface area (Å²) >= 11 is 0. The zero-order valence-corrected chi connectivity index (χ0v) is 11.0. The van der Waals surface area contributed by atoms with Crippen LogP contribution in [0.15, 0.2) is 0 Å². The molecule has 4 nitrogen and oxygen atoms in total. The summed E-state index contributed by atoms with van der Waals surface area (Å²) in [6.45, 7) is 1.96. The molecular formula is C14H22N4. The molecule has 0 aromatic carbocycles. The molecule has 0 saturated heterocycles. The van der Waals surface area contributed by atoms with E-state index in [-0.39, 0.29) is 0 Å². The Hall–Kier alpha value is -1.19. The van der Waals surface area contributed by atoms with E-state index in [1.807, 2.05) is 6.92 Å². The van der Waals surface area contributed by atoms with Crippen molar-refractivity contribution in [3.8, 4) is 0 Å². The van der Waals surface area contributed by atoms with Crippen LogP contribution < -0.4 is 11.1 Å². The van der Waals surface area contributed by atoms with Gasteiger partial charge < -0.3 is 16.0 Å². The number of nitrogens with one attached hydrogen (secondary N) is 2. The van der Waals surface area contributed by atoms with Gasteiger partial charge >= 0.3 is 0 Å². The van der Waals surface area contributed by atoms with Crippen LogP contribution >= 0.6 is 0 Å². The van der Waals surface area contributed by atoms with Gasteiger partial charge in [-0.15, -0.1) is 0 Å². The Bertz CT molecular complexity index is 441. The number of aromatic nitrogens is 2. The van der Waals surface area contributed by atoms with Crippen LogP contribution in [0.1, 0.15) is 44.3 Å². The highest BCUT2D eigenvalue weighted by atomic mass is 15.1. The highest BCUT2D eigenvalue weighted by Crippen LogP contribution is 2.56. The number of anilines is 2. The summed E-state index contributed by atoms with van der Waals surface area (Å²) < 4.78 is 0. The number of imidazole rings is 1. The molecule has 5 rings (SSSR count). The van der Waals surface area contributed by atoms with Crippen molar-refractivity contribution in [3.05, 3.63) is 5.82 Å². The molecule has 1 heterocycles. The van der Waals surface area contributed by atoms with E-state index in [0.717, 1.165) is 29.4 Å². The first-order valence-corrected chi connectivity index (χ1v) is 7.22. The van der Waals surface area contributed by atoms with E-state index in [1.54, 1.807) is 0 Å². The topological polar surface area (TPSA) is 66.7 Å². The van der Waals surface area contributed by atoms with Crippen LogP contribution in [0.25, 0.3) is 0 Å². The van der Waals surface area contributed by atoms with Crippen LogP contribution in [0.4, 0.5) is 11.6 Å². The van der Waals surface area contributed by atoms with Gasteiger partial charge in [-0.05, 0) is 63.2 Å². The minimum absolute atomic E-state index is 0.296. The lowest BCUT2D eigenvalue weighted by Gasteiger charge is -2.57. The lowest BCUT2D eigenvalue weighted by Crippen LogP contribution is -2.54. The van der Waals surface area contributed by atoms with Crippen LogP contribution in [0.5, 0.6) is 0 Å². The molecule has 1 aromatic heterocycles. The predicted octanol–water partition coefficient (Wildman–Crippen LogP) is 2.68. The second-order valence-electron chi connectivity index (χ2n) is 6.91. The molecule has 4 aliphatic carbocycles. The fourth-order valence-electron chi connectivity index (χ4n) is 5.12. The number of hydrogen-bond donors (Lipinski definition) is 3. The molecule has 4 N–H and O–H groups in total. The summed E-state index contributed by atoms with van der Waals surface area (Å²) in [4.78, 5) is 7.59. The Labute approximate surface area is 108 Å². The molecule has 18 heavy (non-hydrogen) atoms. The van der Waals surface area contributed by atoms with Crippen molar-refractivity contribution in [2.45, 2.75) is 51.0 Å². The second kappa shape index (κ2) is 3.43. The van der Waals surface area contributed by atoms with Crippen molar-refractivity contribution < 1.29 is 0 Å². The largest absolute Gasteiger partial charge is 0.382 e. The molecule has 0 unspecified atom stereocenters. The summed E-state index contributed by atoms with van der Waals surface area (Å²) in [6, 6.07) is 0. The molecule has 0 amide bonds. The smallest absolute Gasteiger partial charge is 0.169 e. The Kier molecular flexibility index (Phi) is 2.04. The van der Waals surface area contributed by atoms with Crippen molar-refractivity contribution in [3.63, 3.8) is 0 Å². The fourth-order valence-corrected chi connectivity index (χ4v) is 5.12. The van der Waals surface area contributed by atoms with E-state index in [9.17, 15) is 0 Å². The average molecular weight is 246 g/mol. The van der Waals surface area contributed by atoms with Crippen molar-refractivity contribution >= 4 is 11.6 Å². The van der Waals surface area contributed by atoms with E-state index in [1.165, 1.54) is 38.5 Å². The third-order valence-electron chi connectivity index (χ3n) is 5.27. The average Bonchev–Trinajstić information content (AvgIpc) is 2.54. The SMILES string of the molecule is Cc1nc(NC23CC4CC(CC(C4)C2)C3)c(N)[nH]1. The van der Waals surface area contributed by atoms with Gasteiger partial charge in [0, 0.05) is 5.54 Å². The first-order valence-electron chi connectivity index (χ1n) is 7.22. The molecule has 0 aliphatic heterocycles. The highest BCUT2D eigenvalue weighted by Gasteiger charge is 2.51. The van der Waals surface area contributed by atoms with Gasteiger partial charge in [-0.1, -0.05) is 0 Å². The molecule has 4 aliphatic rings. The van der Waals surface area contributed by atoms with Gasteiger partial charge in [-0.25, -0.2) is 4.98 Å². The number of hydrogen-bond acceptors (Lipinski definition) is 3. The van der Waals surface area contributed by atoms with Crippen LogP contribution in [-0.4, -0.2) is 15.5 Å². The van der Waals surface area contributed by atoms with E-state index < -0.39 is 0 Å². The Balaban J connectivity index is 1.62. The molecule has 4 saturated carbocycles. The van der Waals surface area contributed by atoms with Crippen molar-refractivity contribution in [2.75, 3.05) is 11.1 Å². The number of nitrogens with zero attached hydrogens (tertiary/aromatic N) is 1. The molecule has 98 valence electrons. The standard InChI is InChI=1S/C14H22N4/c1-8-16-12(15)13(17-8)18-14-5-9-2-10(6-14)4-11(3-9)7-14/h9-11,18H,2-7,15H2,1H3,(H,16,17). The Morgan fingerprint density at radius 3 is 2.17 bits per heavy atom. The van der Waals surface area contributed by atoms with Crippen LogP contribution in [0.3, 0.4) is 0 Å². The highest BCUT2D eigenvalue weighted by molar-refractivity contribution is 5.58. The Morgan fingerprint density at radius 2 is 1.72 bits per heavy atom. The number of nitrogens with two attached hydrogens (primary N) is 1. The Morgan fingerprint density at radius 1 is 1.17 bits per heavy atom. The van der Waals surface area contributed by atoms with E-state index >= 15 is 0 Å². The van der Waals surface area contributed by atoms with Crippen molar-refractivity contribution in [1.29, 1.82) is 0 Å². The maximum absolute atomic E-state index is 5.99. The molecule has 0 atom stereocenters. The van der Waals surface area contributed by atoms with Crippen LogP contribution in [-0.2, 0) is 0 Å². The summed E-state index contributed by atoms with van der Waals surface area (Å²) in [5.74, 6) is 5.33. The number of H-pyrrole nitrogens is 1. The molecule has 4 bridgehead atoms. The number of aryl methyl sites for hydroxylation is 1.